The van der Waals surface area contributed by atoms with Crippen molar-refractivity contribution < 1.29 is 18.1 Å². The summed E-state index contributed by atoms with van der Waals surface area (Å²) < 4.78 is 28.2. The molecule has 9 heteroatoms. The number of nitrogens with one attached hydrogen (secondary N) is 1. The molecule has 2 rings (SSSR count). The minimum atomic E-state index is -4.14. The summed E-state index contributed by atoms with van der Waals surface area (Å²) in [6.07, 6.45) is 0. The standard InChI is InChI=1S/C13H11ClN2O5S/c1-21-11-5-2-9(3-6-11)15-12-7-4-10(16(17)18)8-13(12)22(14,19)20/h2-8,15H,1H3. The van der Waals surface area contributed by atoms with Crippen molar-refractivity contribution in [2.75, 3.05) is 12.4 Å². The fourth-order valence-corrected chi connectivity index (χ4v) is 2.79. The summed E-state index contributed by atoms with van der Waals surface area (Å²) in [5, 5.41) is 13.6. The van der Waals surface area contributed by atoms with Gasteiger partial charge in [-0.05, 0) is 30.3 Å². The summed E-state index contributed by atoms with van der Waals surface area (Å²) in [5.74, 6) is 0.638. The van der Waals surface area contributed by atoms with E-state index in [1.165, 1.54) is 19.2 Å². The summed E-state index contributed by atoms with van der Waals surface area (Å²) in [6.45, 7) is 0. The summed E-state index contributed by atoms with van der Waals surface area (Å²) in [7, 11) is 2.73. The summed E-state index contributed by atoms with van der Waals surface area (Å²) in [4.78, 5) is 9.70. The molecule has 0 spiro atoms. The molecule has 1 N–H and O–H groups in total. The molecule has 0 amide bonds. The van der Waals surface area contributed by atoms with Crippen molar-refractivity contribution in [3.8, 4) is 5.75 Å². The first kappa shape index (κ1) is 16.1. The predicted molar refractivity (Wildman–Crippen MR) is 82.4 cm³/mol. The fourth-order valence-electron chi connectivity index (χ4n) is 1.76. The molecule has 0 aliphatic carbocycles. The van der Waals surface area contributed by atoms with Crippen LogP contribution in [0.5, 0.6) is 5.75 Å². The normalized spacial score (nSPS) is 11.0. The number of halogens is 1. The molecular weight excluding hydrogens is 332 g/mol. The van der Waals surface area contributed by atoms with E-state index < -0.39 is 14.0 Å². The van der Waals surface area contributed by atoms with Gasteiger partial charge in [-0.15, -0.1) is 0 Å². The van der Waals surface area contributed by atoms with Gasteiger partial charge in [-0.2, -0.15) is 0 Å². The Bertz CT molecular complexity index is 806. The molecular formula is C13H11ClN2O5S. The number of nitro groups is 1. The Labute approximate surface area is 131 Å². The highest BCUT2D eigenvalue weighted by Gasteiger charge is 2.20. The van der Waals surface area contributed by atoms with Crippen LogP contribution in [0.1, 0.15) is 0 Å². The number of nitrogens with zero attached hydrogens (tertiary/aromatic N) is 1. The lowest BCUT2D eigenvalue weighted by molar-refractivity contribution is -0.385. The number of rotatable bonds is 5. The van der Waals surface area contributed by atoms with Gasteiger partial charge in [0.15, 0.2) is 0 Å². The summed E-state index contributed by atoms with van der Waals surface area (Å²) in [6, 6.07) is 10.1. The maximum absolute atomic E-state index is 11.6. The predicted octanol–water partition coefficient (Wildman–Crippen LogP) is 3.27. The number of benzene rings is 2. The molecule has 22 heavy (non-hydrogen) atoms. The van der Waals surface area contributed by atoms with E-state index in [1.54, 1.807) is 24.3 Å². The Kier molecular flexibility index (Phi) is 4.53. The zero-order valence-electron chi connectivity index (χ0n) is 11.3. The van der Waals surface area contributed by atoms with Gasteiger partial charge < -0.3 is 10.1 Å². The number of methoxy groups -OCH3 is 1. The van der Waals surface area contributed by atoms with Crippen LogP contribution in [0.15, 0.2) is 47.4 Å². The van der Waals surface area contributed by atoms with Gasteiger partial charge in [-0.25, -0.2) is 8.42 Å². The van der Waals surface area contributed by atoms with E-state index in [9.17, 15) is 18.5 Å². The molecule has 7 nitrogen and oxygen atoms in total. The van der Waals surface area contributed by atoms with Crippen molar-refractivity contribution in [2.24, 2.45) is 0 Å². The van der Waals surface area contributed by atoms with Gasteiger partial charge in [0.1, 0.15) is 10.6 Å². The lowest BCUT2D eigenvalue weighted by atomic mass is 10.2. The maximum Gasteiger partial charge on any atom is 0.270 e. The smallest absolute Gasteiger partial charge is 0.270 e. The van der Waals surface area contributed by atoms with E-state index in [-0.39, 0.29) is 16.3 Å². The van der Waals surface area contributed by atoms with Crippen LogP contribution >= 0.6 is 10.7 Å². The first-order chi connectivity index (χ1) is 10.3. The van der Waals surface area contributed by atoms with Crippen molar-refractivity contribution in [3.05, 3.63) is 52.6 Å². The number of ether oxygens (including phenoxy) is 1. The molecule has 2 aromatic carbocycles. The monoisotopic (exact) mass is 342 g/mol. The Hall–Kier alpha value is -2.32. The van der Waals surface area contributed by atoms with Gasteiger partial charge in [0.2, 0.25) is 0 Å². The minimum absolute atomic E-state index is 0.144. The fraction of sp³-hybridized carbons (Fsp3) is 0.0769. The van der Waals surface area contributed by atoms with Crippen LogP contribution < -0.4 is 10.1 Å². The first-order valence-electron chi connectivity index (χ1n) is 5.95. The minimum Gasteiger partial charge on any atom is -0.497 e. The third-order valence-electron chi connectivity index (χ3n) is 2.81. The molecule has 0 saturated heterocycles. The third kappa shape index (κ3) is 3.66. The van der Waals surface area contributed by atoms with Crippen molar-refractivity contribution >= 4 is 36.8 Å². The summed E-state index contributed by atoms with van der Waals surface area (Å²) in [5.41, 5.74) is 0.362. The van der Waals surface area contributed by atoms with Crippen LogP contribution in [0.4, 0.5) is 17.1 Å². The van der Waals surface area contributed by atoms with Crippen LogP contribution in [0.2, 0.25) is 0 Å². The molecule has 0 bridgehead atoms. The SMILES string of the molecule is COc1ccc(Nc2ccc([N+](=O)[O-])cc2S(=O)(=O)Cl)cc1. The highest BCUT2D eigenvalue weighted by Crippen LogP contribution is 2.31. The van der Waals surface area contributed by atoms with Crippen LogP contribution in [0, 0.1) is 10.1 Å². The average Bonchev–Trinajstić information content (AvgIpc) is 2.47. The number of non-ortho nitro benzene ring substituents is 1. The van der Waals surface area contributed by atoms with Gasteiger partial charge in [0.05, 0.1) is 17.7 Å². The van der Waals surface area contributed by atoms with Crippen LogP contribution in [-0.4, -0.2) is 20.5 Å². The van der Waals surface area contributed by atoms with E-state index >= 15 is 0 Å². The zero-order valence-corrected chi connectivity index (χ0v) is 12.9. The van der Waals surface area contributed by atoms with Crippen molar-refractivity contribution in [3.63, 3.8) is 0 Å². The third-order valence-corrected chi connectivity index (χ3v) is 4.17. The van der Waals surface area contributed by atoms with Crippen molar-refractivity contribution in [2.45, 2.75) is 4.90 Å². The van der Waals surface area contributed by atoms with Gasteiger partial charge in [-0.1, -0.05) is 0 Å². The van der Waals surface area contributed by atoms with Crippen LogP contribution in [-0.2, 0) is 9.05 Å². The second-order valence-corrected chi connectivity index (χ2v) is 6.76. The topological polar surface area (TPSA) is 98.5 Å². The number of nitro benzene ring substituents is 1. The van der Waals surface area contributed by atoms with Crippen LogP contribution in [0.25, 0.3) is 0 Å². The zero-order chi connectivity index (χ0) is 16.3. The van der Waals surface area contributed by atoms with Gasteiger partial charge in [0.25, 0.3) is 14.7 Å². The lowest BCUT2D eigenvalue weighted by Gasteiger charge is -2.10. The molecule has 0 aromatic heterocycles. The highest BCUT2D eigenvalue weighted by atomic mass is 35.7. The Balaban J connectivity index is 2.43. The van der Waals surface area contributed by atoms with Crippen LogP contribution in [0.3, 0.4) is 0 Å². The Morgan fingerprint density at radius 3 is 2.32 bits per heavy atom. The van der Waals surface area contributed by atoms with E-state index in [2.05, 4.69) is 5.32 Å². The number of hydrogen-bond donors (Lipinski definition) is 1. The highest BCUT2D eigenvalue weighted by molar-refractivity contribution is 8.13. The largest absolute Gasteiger partial charge is 0.497 e. The van der Waals surface area contributed by atoms with E-state index in [0.29, 0.717) is 11.4 Å². The molecule has 0 saturated carbocycles. The molecule has 0 aliphatic heterocycles. The first-order valence-corrected chi connectivity index (χ1v) is 8.26. The van der Waals surface area contributed by atoms with Gasteiger partial charge >= 0.3 is 0 Å². The van der Waals surface area contributed by atoms with Crippen molar-refractivity contribution in [1.82, 2.24) is 0 Å². The molecule has 0 unspecified atom stereocenters. The van der Waals surface area contributed by atoms with E-state index in [0.717, 1.165) is 6.07 Å². The van der Waals surface area contributed by atoms with Crippen molar-refractivity contribution in [1.29, 1.82) is 0 Å². The Morgan fingerprint density at radius 2 is 1.82 bits per heavy atom. The molecule has 116 valence electrons. The quantitative estimate of drug-likeness (QED) is 0.508. The molecule has 2 aromatic rings. The van der Waals surface area contributed by atoms with E-state index in [1.807, 2.05) is 0 Å². The lowest BCUT2D eigenvalue weighted by Crippen LogP contribution is -2.01. The number of hydrogen-bond acceptors (Lipinski definition) is 6. The molecule has 0 radical (unpaired) electrons. The second-order valence-electron chi connectivity index (χ2n) is 4.23. The maximum atomic E-state index is 11.6. The Morgan fingerprint density at radius 1 is 1.18 bits per heavy atom. The van der Waals surface area contributed by atoms with Gasteiger partial charge in [0, 0.05) is 28.5 Å². The second kappa shape index (κ2) is 6.20. The molecule has 0 fully saturated rings. The molecule has 0 atom stereocenters. The van der Waals surface area contributed by atoms with Gasteiger partial charge in [-0.3, -0.25) is 10.1 Å². The number of anilines is 2. The summed E-state index contributed by atoms with van der Waals surface area (Å²) >= 11 is 0. The van der Waals surface area contributed by atoms with E-state index in [4.69, 9.17) is 15.4 Å². The molecule has 0 heterocycles. The molecule has 0 aliphatic rings. The average molecular weight is 343 g/mol.